The number of nitrogens with zero attached hydrogens (tertiary/aromatic N) is 1. The average molecular weight is 207 g/mol. The van der Waals surface area contributed by atoms with Gasteiger partial charge in [-0.25, -0.2) is 0 Å². The lowest BCUT2D eigenvalue weighted by Gasteiger charge is -2.11. The van der Waals surface area contributed by atoms with Gasteiger partial charge in [-0.2, -0.15) is 0 Å². The van der Waals surface area contributed by atoms with E-state index in [0.29, 0.717) is 0 Å². The molecule has 0 bridgehead atoms. The number of hydrogen-bond donors (Lipinski definition) is 0. The van der Waals surface area contributed by atoms with E-state index in [1.165, 1.54) is 16.8 Å². The van der Waals surface area contributed by atoms with Crippen LogP contribution in [0.2, 0.25) is 0 Å². The molecule has 78 valence electrons. The summed E-state index contributed by atoms with van der Waals surface area (Å²) in [7, 11) is 0. The van der Waals surface area contributed by atoms with Crippen molar-refractivity contribution in [2.45, 2.75) is 12.8 Å². The first-order valence-corrected chi connectivity index (χ1v) is 5.63. The van der Waals surface area contributed by atoms with Crippen LogP contribution in [0.15, 0.2) is 76.5 Å². The van der Waals surface area contributed by atoms with E-state index >= 15 is 0 Å². The molecule has 2 aliphatic carbocycles. The summed E-state index contributed by atoms with van der Waals surface area (Å²) in [6, 6.07) is 0. The van der Waals surface area contributed by atoms with Crippen molar-refractivity contribution in [2.24, 2.45) is 4.99 Å². The van der Waals surface area contributed by atoms with Gasteiger partial charge in [0.2, 0.25) is 0 Å². The molecule has 1 heterocycles. The Morgan fingerprint density at radius 1 is 0.875 bits per heavy atom. The van der Waals surface area contributed by atoms with E-state index in [2.05, 4.69) is 54.7 Å². The Hall–Kier alpha value is -1.89. The molecule has 0 saturated carbocycles. The number of aliphatic imine (C=N–C) groups is 1. The summed E-state index contributed by atoms with van der Waals surface area (Å²) >= 11 is 0. The lowest BCUT2D eigenvalue weighted by Crippen LogP contribution is -2.02. The van der Waals surface area contributed by atoms with Crippen LogP contribution < -0.4 is 0 Å². The van der Waals surface area contributed by atoms with Gasteiger partial charge < -0.3 is 0 Å². The van der Waals surface area contributed by atoms with E-state index in [1.807, 2.05) is 0 Å². The third-order valence-corrected chi connectivity index (χ3v) is 2.94. The summed E-state index contributed by atoms with van der Waals surface area (Å²) in [6.07, 6.45) is 21.1. The van der Waals surface area contributed by atoms with E-state index in [4.69, 9.17) is 4.99 Å². The molecule has 1 heteroatoms. The minimum atomic E-state index is 0.939. The number of dihydropyridines is 1. The van der Waals surface area contributed by atoms with Gasteiger partial charge in [-0.3, -0.25) is 4.99 Å². The zero-order valence-electron chi connectivity index (χ0n) is 9.06. The van der Waals surface area contributed by atoms with Crippen LogP contribution in [0.1, 0.15) is 12.8 Å². The lowest BCUT2D eigenvalue weighted by molar-refractivity contribution is 1.12. The molecule has 0 aromatic heterocycles. The number of rotatable bonds is 1. The molecule has 0 fully saturated rings. The molecule has 0 N–H and O–H groups in total. The van der Waals surface area contributed by atoms with Crippen LogP contribution in [0.25, 0.3) is 0 Å². The van der Waals surface area contributed by atoms with Crippen molar-refractivity contribution in [1.82, 2.24) is 0 Å². The van der Waals surface area contributed by atoms with Crippen molar-refractivity contribution in [2.75, 3.05) is 0 Å². The zero-order valence-corrected chi connectivity index (χ0v) is 9.06. The largest absolute Gasteiger partial charge is 0.252 e. The predicted octanol–water partition coefficient (Wildman–Crippen LogP) is 3.65. The van der Waals surface area contributed by atoms with Gasteiger partial charge in [0.1, 0.15) is 0 Å². The highest BCUT2D eigenvalue weighted by Gasteiger charge is 2.11. The molecule has 0 atom stereocenters. The molecule has 0 saturated heterocycles. The Balaban J connectivity index is 1.95. The minimum Gasteiger partial charge on any atom is -0.252 e. The van der Waals surface area contributed by atoms with Gasteiger partial charge in [-0.15, -0.1) is 0 Å². The Bertz CT molecular complexity index is 506. The first-order chi connectivity index (χ1) is 7.93. The summed E-state index contributed by atoms with van der Waals surface area (Å²) in [5, 5.41) is 0. The highest BCUT2D eigenvalue weighted by atomic mass is 14.8. The van der Waals surface area contributed by atoms with Crippen LogP contribution in [0.3, 0.4) is 0 Å². The van der Waals surface area contributed by atoms with E-state index in [0.717, 1.165) is 18.6 Å². The molecular weight excluding hydrogens is 194 g/mol. The summed E-state index contributed by atoms with van der Waals surface area (Å²) in [6.45, 7) is 0. The summed E-state index contributed by atoms with van der Waals surface area (Å²) in [5.74, 6) is 0. The van der Waals surface area contributed by atoms with Crippen LogP contribution in [0.5, 0.6) is 0 Å². The van der Waals surface area contributed by atoms with Gasteiger partial charge in [-0.05, 0) is 23.6 Å². The summed E-state index contributed by atoms with van der Waals surface area (Å²) in [4.78, 5) is 4.74. The fraction of sp³-hybridized carbons (Fsp3) is 0.133. The van der Waals surface area contributed by atoms with Crippen LogP contribution in [0, 0.1) is 0 Å². The maximum Gasteiger partial charge on any atom is 0.0665 e. The van der Waals surface area contributed by atoms with Crippen molar-refractivity contribution in [3.05, 3.63) is 71.5 Å². The zero-order chi connectivity index (χ0) is 10.8. The van der Waals surface area contributed by atoms with Crippen molar-refractivity contribution in [3.8, 4) is 0 Å². The fourth-order valence-corrected chi connectivity index (χ4v) is 2.08. The van der Waals surface area contributed by atoms with Crippen molar-refractivity contribution in [3.63, 3.8) is 0 Å². The molecule has 0 spiro atoms. The molecule has 1 nitrogen and oxygen atoms in total. The standard InChI is InChI=1S/C15H13N/c1-2-7-12(6-1)14-10-5-11-15(16-14)13-8-3-4-9-13/h1-8,11H,9-10H2. The van der Waals surface area contributed by atoms with E-state index < -0.39 is 0 Å². The summed E-state index contributed by atoms with van der Waals surface area (Å²) in [5.41, 5.74) is 4.86. The SMILES string of the molecule is C1=CCC(C2=NC(=C3C=CC=C3)CC=C2)=C1. The van der Waals surface area contributed by atoms with E-state index in [9.17, 15) is 0 Å². The van der Waals surface area contributed by atoms with Gasteiger partial charge >= 0.3 is 0 Å². The first kappa shape index (κ1) is 9.34. The van der Waals surface area contributed by atoms with Crippen molar-refractivity contribution in [1.29, 1.82) is 0 Å². The molecular formula is C15H13N. The Kier molecular flexibility index (Phi) is 2.30. The van der Waals surface area contributed by atoms with Gasteiger partial charge in [0.05, 0.1) is 11.4 Å². The second kappa shape index (κ2) is 3.93. The topological polar surface area (TPSA) is 12.4 Å². The molecule has 0 unspecified atom stereocenters. The Morgan fingerprint density at radius 3 is 2.50 bits per heavy atom. The van der Waals surface area contributed by atoms with Gasteiger partial charge in [0, 0.05) is 6.42 Å². The normalized spacial score (nSPS) is 22.0. The fourth-order valence-electron chi connectivity index (χ4n) is 2.08. The van der Waals surface area contributed by atoms with E-state index in [-0.39, 0.29) is 0 Å². The first-order valence-electron chi connectivity index (χ1n) is 5.63. The Morgan fingerprint density at radius 2 is 1.75 bits per heavy atom. The molecule has 0 aromatic rings. The second-order valence-corrected chi connectivity index (χ2v) is 4.05. The second-order valence-electron chi connectivity index (χ2n) is 4.05. The molecule has 0 aromatic carbocycles. The predicted molar refractivity (Wildman–Crippen MR) is 68.3 cm³/mol. The van der Waals surface area contributed by atoms with Crippen LogP contribution >= 0.6 is 0 Å². The molecule has 3 rings (SSSR count). The van der Waals surface area contributed by atoms with Crippen LogP contribution in [0.4, 0.5) is 0 Å². The van der Waals surface area contributed by atoms with Crippen LogP contribution in [-0.2, 0) is 0 Å². The quantitative estimate of drug-likeness (QED) is 0.622. The Labute approximate surface area is 95.6 Å². The minimum absolute atomic E-state index is 0.939. The maximum absolute atomic E-state index is 4.74. The van der Waals surface area contributed by atoms with Gasteiger partial charge in [-0.1, -0.05) is 48.6 Å². The molecule has 3 aliphatic rings. The average Bonchev–Trinajstić information content (AvgIpc) is 3.03. The molecule has 0 amide bonds. The van der Waals surface area contributed by atoms with Crippen molar-refractivity contribution >= 4 is 5.71 Å². The molecule has 0 radical (unpaired) electrons. The molecule has 1 aliphatic heterocycles. The molecule has 16 heavy (non-hydrogen) atoms. The highest BCUT2D eigenvalue weighted by molar-refractivity contribution is 6.10. The van der Waals surface area contributed by atoms with Crippen molar-refractivity contribution < 1.29 is 0 Å². The smallest absolute Gasteiger partial charge is 0.0665 e. The summed E-state index contributed by atoms with van der Waals surface area (Å²) < 4.78 is 0. The van der Waals surface area contributed by atoms with Gasteiger partial charge in [0.15, 0.2) is 0 Å². The number of allylic oxidation sites excluding steroid dienone is 11. The maximum atomic E-state index is 4.74. The van der Waals surface area contributed by atoms with Gasteiger partial charge in [0.25, 0.3) is 0 Å². The third kappa shape index (κ3) is 1.65. The third-order valence-electron chi connectivity index (χ3n) is 2.94. The van der Waals surface area contributed by atoms with E-state index in [1.54, 1.807) is 0 Å². The monoisotopic (exact) mass is 207 g/mol. The lowest BCUT2D eigenvalue weighted by atomic mass is 10.0. The van der Waals surface area contributed by atoms with Crippen LogP contribution in [-0.4, -0.2) is 5.71 Å². The highest BCUT2D eigenvalue weighted by Crippen LogP contribution is 2.24. The number of hydrogen-bond acceptors (Lipinski definition) is 1.